The van der Waals surface area contributed by atoms with Gasteiger partial charge in [-0.25, -0.2) is 9.37 Å². The van der Waals surface area contributed by atoms with Gasteiger partial charge in [0.1, 0.15) is 11.6 Å². The van der Waals surface area contributed by atoms with Crippen molar-refractivity contribution < 1.29 is 9.18 Å². The summed E-state index contributed by atoms with van der Waals surface area (Å²) in [7, 11) is 0. The van der Waals surface area contributed by atoms with E-state index in [1.54, 1.807) is 17.0 Å². The van der Waals surface area contributed by atoms with Gasteiger partial charge in [-0.3, -0.25) is 4.79 Å². The molecule has 25 heavy (non-hydrogen) atoms. The van der Waals surface area contributed by atoms with E-state index in [1.165, 1.54) is 12.1 Å². The molecule has 0 N–H and O–H groups in total. The maximum atomic E-state index is 13.2. The molecule has 4 rings (SSSR count). The van der Waals surface area contributed by atoms with Crippen LogP contribution in [0.25, 0.3) is 11.0 Å². The number of amides is 1. The van der Waals surface area contributed by atoms with Gasteiger partial charge in [0.15, 0.2) is 0 Å². The molecule has 1 atom stereocenters. The molecule has 1 amide bonds. The minimum atomic E-state index is -0.295. The van der Waals surface area contributed by atoms with Crippen LogP contribution in [0.4, 0.5) is 10.1 Å². The van der Waals surface area contributed by atoms with Gasteiger partial charge >= 0.3 is 0 Å². The van der Waals surface area contributed by atoms with Crippen LogP contribution in [0.15, 0.2) is 48.5 Å². The maximum absolute atomic E-state index is 13.2. The van der Waals surface area contributed by atoms with Crippen LogP contribution < -0.4 is 4.90 Å². The van der Waals surface area contributed by atoms with Crippen molar-refractivity contribution in [1.82, 2.24) is 9.55 Å². The first-order valence-electron chi connectivity index (χ1n) is 8.68. The highest BCUT2D eigenvalue weighted by Gasteiger charge is 2.34. The van der Waals surface area contributed by atoms with Crippen molar-refractivity contribution in [2.24, 2.45) is 0 Å². The zero-order chi connectivity index (χ0) is 17.4. The smallest absolute Gasteiger partial charge is 0.227 e. The Kier molecular flexibility index (Phi) is 3.99. The first-order valence-corrected chi connectivity index (χ1v) is 8.68. The third kappa shape index (κ3) is 2.80. The molecule has 128 valence electrons. The number of aryl methyl sites for hydroxylation is 1. The number of hydrogen-bond donors (Lipinski definition) is 0. The van der Waals surface area contributed by atoms with E-state index in [1.807, 2.05) is 18.2 Å². The number of aromatic nitrogens is 2. The summed E-state index contributed by atoms with van der Waals surface area (Å²) in [6, 6.07) is 14.2. The molecule has 1 fully saturated rings. The molecule has 0 bridgehead atoms. The number of para-hydroxylation sites is 2. The summed E-state index contributed by atoms with van der Waals surface area (Å²) in [6.45, 7) is 3.61. The molecule has 2 heterocycles. The Morgan fingerprint density at radius 1 is 1.16 bits per heavy atom. The Bertz CT molecular complexity index is 916. The minimum absolute atomic E-state index is 0.0523. The van der Waals surface area contributed by atoms with Gasteiger partial charge in [-0.1, -0.05) is 19.1 Å². The van der Waals surface area contributed by atoms with Gasteiger partial charge in [-0.15, -0.1) is 0 Å². The second-order valence-electron chi connectivity index (χ2n) is 6.49. The van der Waals surface area contributed by atoms with Crippen LogP contribution in [0.1, 0.15) is 31.5 Å². The van der Waals surface area contributed by atoms with Crippen LogP contribution in [-0.4, -0.2) is 22.0 Å². The molecule has 2 aromatic carbocycles. The molecule has 1 aliphatic rings. The molecule has 0 aliphatic carbocycles. The minimum Gasteiger partial charge on any atom is -0.328 e. The second-order valence-corrected chi connectivity index (χ2v) is 6.49. The number of benzene rings is 2. The van der Waals surface area contributed by atoms with Gasteiger partial charge in [-0.05, 0) is 42.8 Å². The lowest BCUT2D eigenvalue weighted by Gasteiger charge is -2.17. The lowest BCUT2D eigenvalue weighted by molar-refractivity contribution is -0.117. The van der Waals surface area contributed by atoms with Crippen molar-refractivity contribution in [3.05, 3.63) is 60.2 Å². The summed E-state index contributed by atoms with van der Waals surface area (Å²) in [5, 5.41) is 0. The molecule has 1 saturated heterocycles. The summed E-state index contributed by atoms with van der Waals surface area (Å²) >= 11 is 0. The first-order chi connectivity index (χ1) is 12.2. The molecule has 3 aromatic rings. The van der Waals surface area contributed by atoms with Gasteiger partial charge in [-0.2, -0.15) is 0 Å². The van der Waals surface area contributed by atoms with Crippen LogP contribution in [0, 0.1) is 5.82 Å². The summed E-state index contributed by atoms with van der Waals surface area (Å²) in [4.78, 5) is 19.1. The summed E-state index contributed by atoms with van der Waals surface area (Å²) < 4.78 is 15.4. The number of fused-ring (bicyclic) bond motifs is 1. The molecule has 0 saturated carbocycles. The number of halogens is 1. The lowest BCUT2D eigenvalue weighted by Crippen LogP contribution is -2.24. The van der Waals surface area contributed by atoms with Gasteiger partial charge < -0.3 is 9.47 Å². The lowest BCUT2D eigenvalue weighted by atomic mass is 10.1. The van der Waals surface area contributed by atoms with E-state index < -0.39 is 0 Å². The zero-order valence-corrected chi connectivity index (χ0v) is 14.2. The van der Waals surface area contributed by atoms with E-state index in [9.17, 15) is 9.18 Å². The topological polar surface area (TPSA) is 38.1 Å². The van der Waals surface area contributed by atoms with Crippen LogP contribution in [0.3, 0.4) is 0 Å². The van der Waals surface area contributed by atoms with E-state index in [0.29, 0.717) is 13.0 Å². The fraction of sp³-hybridized carbons (Fsp3) is 0.300. The van der Waals surface area contributed by atoms with Crippen molar-refractivity contribution in [3.63, 3.8) is 0 Å². The van der Waals surface area contributed by atoms with E-state index in [2.05, 4.69) is 17.6 Å². The van der Waals surface area contributed by atoms with Gasteiger partial charge in [0, 0.05) is 31.1 Å². The van der Waals surface area contributed by atoms with Gasteiger partial charge in [0.05, 0.1) is 11.0 Å². The normalized spacial score (nSPS) is 17.6. The highest BCUT2D eigenvalue weighted by Crippen LogP contribution is 2.33. The molecule has 1 aromatic heterocycles. The second kappa shape index (κ2) is 6.31. The third-order valence-corrected chi connectivity index (χ3v) is 4.76. The van der Waals surface area contributed by atoms with Crippen molar-refractivity contribution >= 4 is 22.6 Å². The molecule has 0 radical (unpaired) electrons. The summed E-state index contributed by atoms with van der Waals surface area (Å²) in [6.07, 6.45) is 1.44. The average Bonchev–Trinajstić information content (AvgIpc) is 3.17. The van der Waals surface area contributed by atoms with Crippen molar-refractivity contribution in [3.8, 4) is 0 Å². The number of carbonyl (C=O) groups excluding carboxylic acids is 1. The molecule has 0 spiro atoms. The van der Waals surface area contributed by atoms with Crippen LogP contribution in [-0.2, 0) is 11.3 Å². The summed E-state index contributed by atoms with van der Waals surface area (Å²) in [5.74, 6) is 0.793. The van der Waals surface area contributed by atoms with E-state index in [4.69, 9.17) is 4.98 Å². The zero-order valence-electron chi connectivity index (χ0n) is 14.2. The van der Waals surface area contributed by atoms with Crippen molar-refractivity contribution in [2.75, 3.05) is 11.4 Å². The van der Waals surface area contributed by atoms with Crippen molar-refractivity contribution in [2.45, 2.75) is 32.2 Å². The fourth-order valence-corrected chi connectivity index (χ4v) is 3.62. The number of carbonyl (C=O) groups is 1. The number of imidazole rings is 1. The highest BCUT2D eigenvalue weighted by atomic mass is 19.1. The van der Waals surface area contributed by atoms with Gasteiger partial charge in [0.25, 0.3) is 0 Å². The molecular formula is C20H20FN3O. The van der Waals surface area contributed by atoms with Crippen LogP contribution >= 0.6 is 0 Å². The van der Waals surface area contributed by atoms with E-state index in [0.717, 1.165) is 35.5 Å². The monoisotopic (exact) mass is 337 g/mol. The Labute approximate surface area is 145 Å². The fourth-order valence-electron chi connectivity index (χ4n) is 3.62. The van der Waals surface area contributed by atoms with Gasteiger partial charge in [0.2, 0.25) is 5.91 Å². The number of rotatable bonds is 4. The largest absolute Gasteiger partial charge is 0.328 e. The molecule has 1 aliphatic heterocycles. The predicted molar refractivity (Wildman–Crippen MR) is 96.1 cm³/mol. The highest BCUT2D eigenvalue weighted by molar-refractivity contribution is 5.96. The van der Waals surface area contributed by atoms with Crippen molar-refractivity contribution in [1.29, 1.82) is 0 Å². The number of anilines is 1. The first kappa shape index (κ1) is 15.8. The number of nitrogens with zero attached hydrogens (tertiary/aromatic N) is 3. The van der Waals surface area contributed by atoms with Crippen LogP contribution in [0.5, 0.6) is 0 Å². The SMILES string of the molecule is CCCn1c([C@H]2CC(=O)N(c3ccc(F)cc3)C2)nc2ccccc21. The Hall–Kier alpha value is -2.69. The van der Waals surface area contributed by atoms with E-state index in [-0.39, 0.29) is 17.6 Å². The number of hydrogen-bond acceptors (Lipinski definition) is 2. The quantitative estimate of drug-likeness (QED) is 0.719. The third-order valence-electron chi connectivity index (χ3n) is 4.76. The molecule has 5 heteroatoms. The molecule has 4 nitrogen and oxygen atoms in total. The molecular weight excluding hydrogens is 317 g/mol. The standard InChI is InChI=1S/C20H20FN3O/c1-2-11-23-18-6-4-3-5-17(18)22-20(23)14-12-19(25)24(13-14)16-9-7-15(21)8-10-16/h3-10,14H,2,11-13H2,1H3/t14-/m0/s1. The maximum Gasteiger partial charge on any atom is 0.227 e. The summed E-state index contributed by atoms with van der Waals surface area (Å²) in [5.41, 5.74) is 2.83. The Morgan fingerprint density at radius 3 is 2.68 bits per heavy atom. The average molecular weight is 337 g/mol. The Morgan fingerprint density at radius 2 is 1.92 bits per heavy atom. The van der Waals surface area contributed by atoms with Crippen LogP contribution in [0.2, 0.25) is 0 Å². The molecule has 0 unspecified atom stereocenters. The van der Waals surface area contributed by atoms with E-state index >= 15 is 0 Å². The predicted octanol–water partition coefficient (Wildman–Crippen LogP) is 4.11. The Balaban J connectivity index is 1.69.